The van der Waals surface area contributed by atoms with Crippen molar-refractivity contribution in [2.24, 2.45) is 0 Å². The summed E-state index contributed by atoms with van der Waals surface area (Å²) in [7, 11) is 0. The van der Waals surface area contributed by atoms with Crippen LogP contribution in [0.5, 0.6) is 0 Å². The molecule has 17 heavy (non-hydrogen) atoms. The third-order valence-electron chi connectivity index (χ3n) is 3.51. The van der Waals surface area contributed by atoms with Crippen molar-refractivity contribution in [3.8, 4) is 6.07 Å². The molecule has 0 heterocycles. The van der Waals surface area contributed by atoms with E-state index in [0.717, 1.165) is 12.8 Å². The average molecular weight is 233 g/mol. The molecular weight excluding hydrogens is 221 g/mol. The van der Waals surface area contributed by atoms with Crippen molar-refractivity contribution in [2.75, 3.05) is 0 Å². The van der Waals surface area contributed by atoms with E-state index in [1.165, 1.54) is 18.2 Å². The van der Waals surface area contributed by atoms with Gasteiger partial charge in [0.05, 0.1) is 11.0 Å². The highest BCUT2D eigenvalue weighted by Gasteiger charge is 2.43. The monoisotopic (exact) mass is 233 g/mol. The van der Waals surface area contributed by atoms with E-state index in [-0.39, 0.29) is 5.56 Å². The van der Waals surface area contributed by atoms with Crippen LogP contribution in [0.15, 0.2) is 18.2 Å². The zero-order valence-corrected chi connectivity index (χ0v) is 9.24. The lowest BCUT2D eigenvalue weighted by Gasteiger charge is -2.24. The second kappa shape index (κ2) is 4.17. The molecule has 0 atom stereocenters. The number of hydrogen-bond acceptors (Lipinski definition) is 2. The molecule has 88 valence electrons. The molecule has 1 N–H and O–H groups in total. The summed E-state index contributed by atoms with van der Waals surface area (Å²) >= 11 is 0. The van der Waals surface area contributed by atoms with Crippen LogP contribution < -0.4 is 0 Å². The second-order valence-electron chi connectivity index (χ2n) is 4.40. The normalized spacial score (nSPS) is 17.6. The Hall–Kier alpha value is -1.89. The number of benzene rings is 1. The summed E-state index contributed by atoms with van der Waals surface area (Å²) in [6, 6.07) is 5.78. The molecule has 1 aliphatic rings. The largest absolute Gasteiger partial charge is 0.481 e. The molecule has 0 bridgehead atoms. The quantitative estimate of drug-likeness (QED) is 0.854. The van der Waals surface area contributed by atoms with Gasteiger partial charge in [-0.25, -0.2) is 4.39 Å². The van der Waals surface area contributed by atoms with Crippen molar-refractivity contribution in [1.82, 2.24) is 0 Å². The van der Waals surface area contributed by atoms with Crippen molar-refractivity contribution in [1.29, 1.82) is 5.26 Å². The van der Waals surface area contributed by atoms with E-state index in [0.29, 0.717) is 18.4 Å². The van der Waals surface area contributed by atoms with Crippen molar-refractivity contribution in [2.45, 2.75) is 31.1 Å². The smallest absolute Gasteiger partial charge is 0.314 e. The van der Waals surface area contributed by atoms with Crippen molar-refractivity contribution < 1.29 is 14.3 Å². The fourth-order valence-corrected chi connectivity index (χ4v) is 2.51. The molecule has 0 aliphatic heterocycles. The third-order valence-corrected chi connectivity index (χ3v) is 3.51. The Morgan fingerprint density at radius 2 is 2.06 bits per heavy atom. The number of hydrogen-bond donors (Lipinski definition) is 1. The molecular formula is C13H12FNO2. The van der Waals surface area contributed by atoms with Crippen LogP contribution in [0.2, 0.25) is 0 Å². The predicted octanol–water partition coefficient (Wildman–Crippen LogP) is 2.59. The topological polar surface area (TPSA) is 61.1 Å². The summed E-state index contributed by atoms with van der Waals surface area (Å²) in [5.41, 5.74) is -0.477. The Balaban J connectivity index is 2.52. The highest BCUT2D eigenvalue weighted by atomic mass is 19.1. The first-order chi connectivity index (χ1) is 8.10. The lowest BCUT2D eigenvalue weighted by atomic mass is 9.78. The van der Waals surface area contributed by atoms with Gasteiger partial charge in [-0.1, -0.05) is 18.9 Å². The van der Waals surface area contributed by atoms with Gasteiger partial charge in [0.15, 0.2) is 0 Å². The average Bonchev–Trinajstić information content (AvgIpc) is 2.80. The minimum absolute atomic E-state index is 0.0879. The van der Waals surface area contributed by atoms with Gasteiger partial charge in [-0.3, -0.25) is 4.79 Å². The molecule has 0 unspecified atom stereocenters. The minimum Gasteiger partial charge on any atom is -0.481 e. The fraction of sp³-hybridized carbons (Fsp3) is 0.385. The maximum absolute atomic E-state index is 13.2. The zero-order valence-electron chi connectivity index (χ0n) is 9.24. The molecule has 1 aromatic rings. The van der Waals surface area contributed by atoms with Gasteiger partial charge in [-0.15, -0.1) is 0 Å². The van der Waals surface area contributed by atoms with Crippen molar-refractivity contribution in [3.63, 3.8) is 0 Å². The summed E-state index contributed by atoms with van der Waals surface area (Å²) in [5.74, 6) is -1.49. The molecule has 1 aliphatic carbocycles. The molecule has 0 saturated heterocycles. The molecule has 0 radical (unpaired) electrons. The Kier molecular flexibility index (Phi) is 2.84. The van der Waals surface area contributed by atoms with E-state index in [1.807, 2.05) is 0 Å². The molecule has 1 aromatic carbocycles. The molecule has 0 spiro atoms. The second-order valence-corrected chi connectivity index (χ2v) is 4.40. The van der Waals surface area contributed by atoms with E-state index in [1.54, 1.807) is 6.07 Å². The molecule has 0 aromatic heterocycles. The van der Waals surface area contributed by atoms with Crippen LogP contribution in [0.4, 0.5) is 4.39 Å². The fourth-order valence-electron chi connectivity index (χ4n) is 2.51. The van der Waals surface area contributed by atoms with Crippen LogP contribution >= 0.6 is 0 Å². The maximum Gasteiger partial charge on any atom is 0.314 e. The van der Waals surface area contributed by atoms with Gasteiger partial charge < -0.3 is 5.11 Å². The van der Waals surface area contributed by atoms with Crippen LogP contribution in [0.3, 0.4) is 0 Å². The van der Waals surface area contributed by atoms with Crippen LogP contribution in [-0.2, 0) is 10.2 Å². The number of carbonyl (C=O) groups is 1. The van der Waals surface area contributed by atoms with Crippen molar-refractivity contribution in [3.05, 3.63) is 35.1 Å². The molecule has 4 heteroatoms. The Bertz CT molecular complexity index is 499. The van der Waals surface area contributed by atoms with E-state index in [9.17, 15) is 14.3 Å². The van der Waals surface area contributed by atoms with Gasteiger partial charge >= 0.3 is 5.97 Å². The molecule has 3 nitrogen and oxygen atoms in total. The highest BCUT2D eigenvalue weighted by Crippen LogP contribution is 2.41. The number of nitrogens with zero attached hydrogens (tertiary/aromatic N) is 1. The van der Waals surface area contributed by atoms with Crippen LogP contribution in [-0.4, -0.2) is 11.1 Å². The Labute approximate surface area is 98.5 Å². The molecule has 0 amide bonds. The minimum atomic E-state index is -0.931. The number of nitriles is 1. The van der Waals surface area contributed by atoms with E-state index < -0.39 is 17.2 Å². The van der Waals surface area contributed by atoms with E-state index in [4.69, 9.17) is 5.26 Å². The van der Waals surface area contributed by atoms with Crippen molar-refractivity contribution >= 4 is 5.97 Å². The van der Waals surface area contributed by atoms with Gasteiger partial charge in [0.25, 0.3) is 0 Å². The molecule has 2 rings (SSSR count). The predicted molar refractivity (Wildman–Crippen MR) is 58.9 cm³/mol. The van der Waals surface area contributed by atoms with Gasteiger partial charge in [0.1, 0.15) is 11.9 Å². The lowest BCUT2D eigenvalue weighted by molar-refractivity contribution is -0.143. The number of halogens is 1. The summed E-state index contributed by atoms with van der Waals surface area (Å²) in [5, 5.41) is 18.1. The van der Waals surface area contributed by atoms with Crippen LogP contribution in [0, 0.1) is 17.1 Å². The Morgan fingerprint density at radius 1 is 1.41 bits per heavy atom. The summed E-state index contributed by atoms with van der Waals surface area (Å²) in [6.45, 7) is 0. The van der Waals surface area contributed by atoms with Crippen LogP contribution in [0.25, 0.3) is 0 Å². The first-order valence-corrected chi connectivity index (χ1v) is 5.54. The number of aliphatic carboxylic acids is 1. The maximum atomic E-state index is 13.2. The SMILES string of the molecule is N#Cc1cc(C2(C(=O)O)CCCC2)ccc1F. The summed E-state index contributed by atoms with van der Waals surface area (Å²) in [4.78, 5) is 11.4. The zero-order chi connectivity index (χ0) is 12.5. The molecule has 1 saturated carbocycles. The van der Waals surface area contributed by atoms with Gasteiger partial charge in [0, 0.05) is 0 Å². The van der Waals surface area contributed by atoms with Gasteiger partial charge in [-0.05, 0) is 30.5 Å². The third kappa shape index (κ3) is 1.78. The lowest BCUT2D eigenvalue weighted by Crippen LogP contribution is -2.32. The number of carboxylic acid groups (broad SMARTS) is 1. The van der Waals surface area contributed by atoms with Gasteiger partial charge in [-0.2, -0.15) is 5.26 Å². The molecule has 1 fully saturated rings. The highest BCUT2D eigenvalue weighted by molar-refractivity contribution is 5.82. The summed E-state index contributed by atoms with van der Waals surface area (Å²) < 4.78 is 13.2. The first-order valence-electron chi connectivity index (χ1n) is 5.54. The van der Waals surface area contributed by atoms with E-state index in [2.05, 4.69) is 0 Å². The number of carboxylic acids is 1. The standard InChI is InChI=1S/C13H12FNO2/c14-11-4-3-10(7-9(11)8-15)13(12(16)17)5-1-2-6-13/h3-4,7H,1-2,5-6H2,(H,16,17). The summed E-state index contributed by atoms with van der Waals surface area (Å²) in [6.07, 6.45) is 2.81. The van der Waals surface area contributed by atoms with Crippen LogP contribution in [0.1, 0.15) is 36.8 Å². The van der Waals surface area contributed by atoms with Gasteiger partial charge in [0.2, 0.25) is 0 Å². The number of rotatable bonds is 2. The van der Waals surface area contributed by atoms with E-state index >= 15 is 0 Å². The first kappa shape index (κ1) is 11.6. The Morgan fingerprint density at radius 3 is 2.59 bits per heavy atom.